The number of rotatable bonds is 5. The van der Waals surface area contributed by atoms with Crippen LogP contribution >= 0.6 is 0 Å². The van der Waals surface area contributed by atoms with Crippen LogP contribution in [0.25, 0.3) is 0 Å². The number of nitrogens with zero attached hydrogens (tertiary/aromatic N) is 1. The zero-order chi connectivity index (χ0) is 13.7. The molecule has 0 amide bonds. The number of aromatic nitrogens is 1. The lowest BCUT2D eigenvalue weighted by Gasteiger charge is -2.08. The average molecular weight is 253 g/mol. The van der Waals surface area contributed by atoms with E-state index in [9.17, 15) is 9.90 Å². The van der Waals surface area contributed by atoms with Gasteiger partial charge >= 0.3 is 5.97 Å². The standard InChI is InChI=1S/C16H15NO2/c1-2-11-17-12-10-14(16(18)19)15(17)9-8-13-6-4-3-5-7-13/h1,3-7,10,12H,8-9,11H2,(H,18,19). The number of carboxylic acids is 1. The molecule has 0 atom stereocenters. The molecule has 2 rings (SSSR count). The largest absolute Gasteiger partial charge is 0.478 e. The van der Waals surface area contributed by atoms with Crippen molar-refractivity contribution in [3.05, 3.63) is 59.4 Å². The Hall–Kier alpha value is -2.47. The summed E-state index contributed by atoms with van der Waals surface area (Å²) in [5.74, 6) is 1.64. The average Bonchev–Trinajstić information content (AvgIpc) is 2.81. The van der Waals surface area contributed by atoms with Gasteiger partial charge in [0.15, 0.2) is 0 Å². The molecule has 1 aromatic carbocycles. The molecule has 19 heavy (non-hydrogen) atoms. The van der Waals surface area contributed by atoms with Crippen LogP contribution in [0.1, 0.15) is 21.6 Å². The lowest BCUT2D eigenvalue weighted by molar-refractivity contribution is 0.0695. The van der Waals surface area contributed by atoms with Crippen LogP contribution < -0.4 is 0 Å². The van der Waals surface area contributed by atoms with Crippen LogP contribution in [0.4, 0.5) is 0 Å². The number of aryl methyl sites for hydroxylation is 1. The Morgan fingerprint density at radius 3 is 2.58 bits per heavy atom. The zero-order valence-corrected chi connectivity index (χ0v) is 10.5. The monoisotopic (exact) mass is 253 g/mol. The highest BCUT2D eigenvalue weighted by atomic mass is 16.4. The highest BCUT2D eigenvalue weighted by Crippen LogP contribution is 2.15. The fourth-order valence-electron chi connectivity index (χ4n) is 2.13. The quantitative estimate of drug-likeness (QED) is 0.832. The lowest BCUT2D eigenvalue weighted by Crippen LogP contribution is -2.08. The Morgan fingerprint density at radius 1 is 1.21 bits per heavy atom. The molecule has 3 heteroatoms. The highest BCUT2D eigenvalue weighted by molar-refractivity contribution is 5.89. The van der Waals surface area contributed by atoms with Crippen LogP contribution in [0.15, 0.2) is 42.6 Å². The predicted molar refractivity (Wildman–Crippen MR) is 74.1 cm³/mol. The first-order valence-electron chi connectivity index (χ1n) is 6.11. The van der Waals surface area contributed by atoms with Gasteiger partial charge in [-0.15, -0.1) is 6.42 Å². The molecule has 0 aliphatic carbocycles. The maximum atomic E-state index is 11.2. The second-order valence-electron chi connectivity index (χ2n) is 4.30. The van der Waals surface area contributed by atoms with Gasteiger partial charge in [0.1, 0.15) is 0 Å². The fraction of sp³-hybridized carbons (Fsp3) is 0.188. The van der Waals surface area contributed by atoms with Crippen LogP contribution in [0.5, 0.6) is 0 Å². The lowest BCUT2D eigenvalue weighted by atomic mass is 10.1. The van der Waals surface area contributed by atoms with Gasteiger partial charge in [0, 0.05) is 11.9 Å². The van der Waals surface area contributed by atoms with E-state index in [1.807, 2.05) is 34.9 Å². The van der Waals surface area contributed by atoms with Gasteiger partial charge in [-0.3, -0.25) is 0 Å². The van der Waals surface area contributed by atoms with Crippen molar-refractivity contribution in [2.24, 2.45) is 0 Å². The number of carboxylic acid groups (broad SMARTS) is 1. The van der Waals surface area contributed by atoms with Crippen LogP contribution in [0.3, 0.4) is 0 Å². The number of hydrogen-bond donors (Lipinski definition) is 1. The van der Waals surface area contributed by atoms with Gasteiger partial charge in [-0.25, -0.2) is 4.79 Å². The van der Waals surface area contributed by atoms with Crippen molar-refractivity contribution in [3.63, 3.8) is 0 Å². The molecule has 0 unspecified atom stereocenters. The Balaban J connectivity index is 2.20. The normalized spacial score (nSPS) is 10.1. The fourth-order valence-corrected chi connectivity index (χ4v) is 2.13. The first-order valence-corrected chi connectivity index (χ1v) is 6.11. The summed E-state index contributed by atoms with van der Waals surface area (Å²) in [5, 5.41) is 9.18. The SMILES string of the molecule is C#CCn1ccc(C(=O)O)c1CCc1ccccc1. The minimum atomic E-state index is -0.904. The van der Waals surface area contributed by atoms with E-state index in [1.165, 1.54) is 5.56 Å². The Labute approximate surface area is 112 Å². The Kier molecular flexibility index (Phi) is 4.04. The van der Waals surface area contributed by atoms with Crippen LogP contribution in [-0.2, 0) is 19.4 Å². The van der Waals surface area contributed by atoms with Crippen molar-refractivity contribution in [2.75, 3.05) is 0 Å². The smallest absolute Gasteiger partial charge is 0.337 e. The molecule has 0 aliphatic rings. The third kappa shape index (κ3) is 3.05. The molecule has 0 spiro atoms. The second-order valence-corrected chi connectivity index (χ2v) is 4.30. The Morgan fingerprint density at radius 2 is 1.95 bits per heavy atom. The number of hydrogen-bond acceptors (Lipinski definition) is 1. The number of benzene rings is 1. The summed E-state index contributed by atoms with van der Waals surface area (Å²) in [5.41, 5.74) is 2.31. The molecular weight excluding hydrogens is 238 g/mol. The van der Waals surface area contributed by atoms with Gasteiger partial charge in [0.2, 0.25) is 0 Å². The van der Waals surface area contributed by atoms with Gasteiger partial charge in [-0.05, 0) is 24.5 Å². The van der Waals surface area contributed by atoms with Gasteiger partial charge in [-0.1, -0.05) is 36.3 Å². The molecule has 0 aliphatic heterocycles. The predicted octanol–water partition coefficient (Wildman–Crippen LogP) is 2.60. The number of terminal acetylenes is 1. The van der Waals surface area contributed by atoms with Gasteiger partial charge in [0.05, 0.1) is 12.1 Å². The number of aromatic carboxylic acids is 1. The molecule has 1 aromatic heterocycles. The molecule has 0 saturated heterocycles. The Bertz CT molecular complexity index is 605. The van der Waals surface area contributed by atoms with Crippen molar-refractivity contribution < 1.29 is 9.90 Å². The molecule has 0 fully saturated rings. The molecule has 2 aromatic rings. The van der Waals surface area contributed by atoms with Gasteiger partial charge < -0.3 is 9.67 Å². The first kappa shape index (κ1) is 13.0. The summed E-state index contributed by atoms with van der Waals surface area (Å²) in [6.07, 6.45) is 8.51. The summed E-state index contributed by atoms with van der Waals surface area (Å²) in [6.45, 7) is 0.400. The first-order chi connectivity index (χ1) is 9.22. The summed E-state index contributed by atoms with van der Waals surface area (Å²) in [4.78, 5) is 11.2. The van der Waals surface area contributed by atoms with E-state index in [-0.39, 0.29) is 0 Å². The van der Waals surface area contributed by atoms with E-state index < -0.39 is 5.97 Å². The summed E-state index contributed by atoms with van der Waals surface area (Å²) >= 11 is 0. The topological polar surface area (TPSA) is 42.2 Å². The maximum Gasteiger partial charge on any atom is 0.337 e. The summed E-state index contributed by atoms with van der Waals surface area (Å²) in [7, 11) is 0. The van der Waals surface area contributed by atoms with Crippen molar-refractivity contribution in [3.8, 4) is 12.3 Å². The summed E-state index contributed by atoms with van der Waals surface area (Å²) in [6, 6.07) is 11.6. The summed E-state index contributed by atoms with van der Waals surface area (Å²) < 4.78 is 1.83. The second kappa shape index (κ2) is 5.92. The minimum absolute atomic E-state index is 0.339. The molecule has 0 saturated carbocycles. The molecule has 0 radical (unpaired) electrons. The van der Waals surface area contributed by atoms with E-state index in [4.69, 9.17) is 6.42 Å². The highest BCUT2D eigenvalue weighted by Gasteiger charge is 2.14. The van der Waals surface area contributed by atoms with E-state index in [2.05, 4.69) is 5.92 Å². The third-order valence-corrected chi connectivity index (χ3v) is 3.06. The van der Waals surface area contributed by atoms with Crippen LogP contribution in [0.2, 0.25) is 0 Å². The van der Waals surface area contributed by atoms with Crippen molar-refractivity contribution in [2.45, 2.75) is 19.4 Å². The molecule has 3 nitrogen and oxygen atoms in total. The molecule has 1 heterocycles. The van der Waals surface area contributed by atoms with Gasteiger partial charge in [0.25, 0.3) is 0 Å². The van der Waals surface area contributed by atoms with E-state index in [0.29, 0.717) is 18.5 Å². The third-order valence-electron chi connectivity index (χ3n) is 3.06. The maximum absolute atomic E-state index is 11.2. The van der Waals surface area contributed by atoms with Crippen molar-refractivity contribution in [1.82, 2.24) is 4.57 Å². The molecule has 96 valence electrons. The number of carbonyl (C=O) groups is 1. The van der Waals surface area contributed by atoms with Crippen LogP contribution in [0, 0.1) is 12.3 Å². The molecular formula is C16H15NO2. The van der Waals surface area contributed by atoms with Crippen molar-refractivity contribution in [1.29, 1.82) is 0 Å². The van der Waals surface area contributed by atoms with Gasteiger partial charge in [-0.2, -0.15) is 0 Å². The van der Waals surface area contributed by atoms with E-state index in [0.717, 1.165) is 12.1 Å². The van der Waals surface area contributed by atoms with Crippen molar-refractivity contribution >= 4 is 5.97 Å². The molecule has 0 bridgehead atoms. The zero-order valence-electron chi connectivity index (χ0n) is 10.5. The minimum Gasteiger partial charge on any atom is -0.478 e. The molecule has 1 N–H and O–H groups in total. The van der Waals surface area contributed by atoms with Crippen LogP contribution in [-0.4, -0.2) is 15.6 Å². The van der Waals surface area contributed by atoms with E-state index in [1.54, 1.807) is 12.3 Å². The van der Waals surface area contributed by atoms with E-state index >= 15 is 0 Å².